The summed E-state index contributed by atoms with van der Waals surface area (Å²) in [5, 5.41) is 10.2. The summed E-state index contributed by atoms with van der Waals surface area (Å²) in [4.78, 5) is 27.9. The van der Waals surface area contributed by atoms with Crippen molar-refractivity contribution in [3.05, 3.63) is 34.9 Å². The number of aromatic nitrogens is 3. The van der Waals surface area contributed by atoms with Crippen LogP contribution in [0, 0.1) is 5.92 Å². The SMILES string of the molecule is CC(C)C(=O)Nc1nc2n(n1)C(c1ccc(Cl)cc1)CC(=O)N2. The van der Waals surface area contributed by atoms with E-state index in [1.54, 1.807) is 30.7 Å². The molecular weight excluding hydrogens is 318 g/mol. The highest BCUT2D eigenvalue weighted by Gasteiger charge is 2.29. The summed E-state index contributed by atoms with van der Waals surface area (Å²) < 4.78 is 1.61. The van der Waals surface area contributed by atoms with Gasteiger partial charge >= 0.3 is 0 Å². The summed E-state index contributed by atoms with van der Waals surface area (Å²) in [5.41, 5.74) is 0.900. The summed E-state index contributed by atoms with van der Waals surface area (Å²) in [6.45, 7) is 3.56. The van der Waals surface area contributed by atoms with Crippen LogP contribution in [0.1, 0.15) is 31.9 Å². The van der Waals surface area contributed by atoms with Crippen molar-refractivity contribution in [2.45, 2.75) is 26.3 Å². The lowest BCUT2D eigenvalue weighted by Crippen LogP contribution is -2.29. The molecular formula is C15H16ClN5O2. The van der Waals surface area contributed by atoms with E-state index in [0.717, 1.165) is 5.56 Å². The average Bonchev–Trinajstić information content (AvgIpc) is 2.89. The van der Waals surface area contributed by atoms with Crippen molar-refractivity contribution < 1.29 is 9.59 Å². The van der Waals surface area contributed by atoms with Crippen molar-refractivity contribution in [2.24, 2.45) is 5.92 Å². The van der Waals surface area contributed by atoms with Crippen molar-refractivity contribution in [1.29, 1.82) is 0 Å². The maximum Gasteiger partial charge on any atom is 0.250 e. The lowest BCUT2D eigenvalue weighted by atomic mass is 10.0. The minimum Gasteiger partial charge on any atom is -0.295 e. The Labute approximate surface area is 138 Å². The Morgan fingerprint density at radius 3 is 2.74 bits per heavy atom. The van der Waals surface area contributed by atoms with Gasteiger partial charge in [-0.3, -0.25) is 20.2 Å². The summed E-state index contributed by atoms with van der Waals surface area (Å²) in [7, 11) is 0. The normalized spacial score (nSPS) is 16.9. The average molecular weight is 334 g/mol. The van der Waals surface area contributed by atoms with E-state index >= 15 is 0 Å². The van der Waals surface area contributed by atoms with Crippen LogP contribution < -0.4 is 10.6 Å². The van der Waals surface area contributed by atoms with Crippen LogP contribution in [-0.2, 0) is 9.59 Å². The van der Waals surface area contributed by atoms with Gasteiger partial charge in [-0.05, 0) is 17.7 Å². The molecule has 0 radical (unpaired) electrons. The van der Waals surface area contributed by atoms with Gasteiger partial charge in [0.15, 0.2) is 0 Å². The second-order valence-electron chi connectivity index (χ2n) is 5.67. The Balaban J connectivity index is 1.93. The van der Waals surface area contributed by atoms with Crippen molar-refractivity contribution in [2.75, 3.05) is 10.6 Å². The Hall–Kier alpha value is -2.41. The molecule has 0 bridgehead atoms. The highest BCUT2D eigenvalue weighted by atomic mass is 35.5. The smallest absolute Gasteiger partial charge is 0.250 e. The monoisotopic (exact) mass is 333 g/mol. The van der Waals surface area contributed by atoms with E-state index in [4.69, 9.17) is 11.6 Å². The maximum atomic E-state index is 11.9. The molecule has 2 N–H and O–H groups in total. The molecule has 2 amide bonds. The standard InChI is InChI=1S/C15H16ClN5O2/c1-8(2)13(23)18-14-19-15-17-12(22)7-11(21(15)20-14)9-3-5-10(16)6-4-9/h3-6,8,11H,7H2,1-2H3,(H2,17,18,19,20,22,23). The number of carbonyl (C=O) groups is 2. The molecule has 1 atom stereocenters. The van der Waals surface area contributed by atoms with E-state index in [0.29, 0.717) is 11.0 Å². The number of amides is 2. The molecule has 1 aromatic heterocycles. The van der Waals surface area contributed by atoms with Gasteiger partial charge in [0.2, 0.25) is 17.8 Å². The molecule has 2 heterocycles. The zero-order valence-corrected chi connectivity index (χ0v) is 13.5. The second kappa shape index (κ2) is 6.00. The predicted molar refractivity (Wildman–Crippen MR) is 86.3 cm³/mol. The summed E-state index contributed by atoms with van der Waals surface area (Å²) in [5.74, 6) is -0.00814. The van der Waals surface area contributed by atoms with Gasteiger partial charge in [0.05, 0.1) is 12.5 Å². The Kier molecular flexibility index (Phi) is 4.04. The van der Waals surface area contributed by atoms with Crippen molar-refractivity contribution in [3.63, 3.8) is 0 Å². The summed E-state index contributed by atoms with van der Waals surface area (Å²) >= 11 is 5.91. The third-order valence-corrected chi connectivity index (χ3v) is 3.82. The molecule has 3 rings (SSSR count). The summed E-state index contributed by atoms with van der Waals surface area (Å²) in [6.07, 6.45) is 0.246. The zero-order valence-electron chi connectivity index (χ0n) is 12.7. The number of nitrogens with zero attached hydrogens (tertiary/aromatic N) is 3. The number of hydrogen-bond donors (Lipinski definition) is 2. The van der Waals surface area contributed by atoms with Gasteiger partial charge in [-0.15, -0.1) is 5.10 Å². The number of nitrogens with one attached hydrogen (secondary N) is 2. The molecule has 1 aliphatic rings. The fraction of sp³-hybridized carbons (Fsp3) is 0.333. The van der Waals surface area contributed by atoms with Crippen LogP contribution in [0.15, 0.2) is 24.3 Å². The lowest BCUT2D eigenvalue weighted by Gasteiger charge is -2.23. The van der Waals surface area contributed by atoms with Gasteiger partial charge in [0, 0.05) is 10.9 Å². The molecule has 120 valence electrons. The number of rotatable bonds is 3. The van der Waals surface area contributed by atoms with Crippen LogP contribution in [0.2, 0.25) is 5.02 Å². The molecule has 0 aliphatic carbocycles. The fourth-order valence-electron chi connectivity index (χ4n) is 2.32. The van der Waals surface area contributed by atoms with E-state index in [1.807, 2.05) is 12.1 Å². The number of benzene rings is 1. The highest BCUT2D eigenvalue weighted by molar-refractivity contribution is 6.30. The van der Waals surface area contributed by atoms with E-state index in [9.17, 15) is 9.59 Å². The van der Waals surface area contributed by atoms with E-state index in [1.165, 1.54) is 0 Å². The zero-order chi connectivity index (χ0) is 16.6. The maximum absolute atomic E-state index is 11.9. The molecule has 0 saturated heterocycles. The highest BCUT2D eigenvalue weighted by Crippen LogP contribution is 2.30. The predicted octanol–water partition coefficient (Wildman–Crippen LogP) is 2.46. The van der Waals surface area contributed by atoms with Crippen molar-refractivity contribution in [1.82, 2.24) is 14.8 Å². The van der Waals surface area contributed by atoms with Crippen LogP contribution >= 0.6 is 11.6 Å². The van der Waals surface area contributed by atoms with Gasteiger partial charge < -0.3 is 0 Å². The van der Waals surface area contributed by atoms with Crippen LogP contribution in [0.25, 0.3) is 0 Å². The molecule has 0 spiro atoms. The Bertz CT molecular complexity index is 754. The largest absolute Gasteiger partial charge is 0.295 e. The number of hydrogen-bond acceptors (Lipinski definition) is 4. The quantitative estimate of drug-likeness (QED) is 0.903. The van der Waals surface area contributed by atoms with Gasteiger partial charge in [-0.2, -0.15) is 4.98 Å². The molecule has 7 nitrogen and oxygen atoms in total. The van der Waals surface area contributed by atoms with E-state index in [2.05, 4.69) is 20.7 Å². The number of fused-ring (bicyclic) bond motifs is 1. The van der Waals surface area contributed by atoms with Gasteiger partial charge in [0.25, 0.3) is 5.95 Å². The van der Waals surface area contributed by atoms with Crippen LogP contribution in [0.4, 0.5) is 11.9 Å². The first-order valence-corrected chi connectivity index (χ1v) is 7.64. The molecule has 23 heavy (non-hydrogen) atoms. The minimum absolute atomic E-state index is 0.147. The Morgan fingerprint density at radius 1 is 1.39 bits per heavy atom. The first kappa shape index (κ1) is 15.5. The van der Waals surface area contributed by atoms with Gasteiger partial charge in [-0.25, -0.2) is 4.68 Å². The van der Waals surface area contributed by atoms with Gasteiger partial charge in [0.1, 0.15) is 0 Å². The molecule has 2 aromatic rings. The van der Waals surface area contributed by atoms with Crippen molar-refractivity contribution >= 4 is 35.3 Å². The van der Waals surface area contributed by atoms with Gasteiger partial charge in [-0.1, -0.05) is 37.6 Å². The van der Waals surface area contributed by atoms with Crippen LogP contribution in [0.5, 0.6) is 0 Å². The molecule has 1 aromatic carbocycles. The Morgan fingerprint density at radius 2 is 2.09 bits per heavy atom. The topological polar surface area (TPSA) is 88.9 Å². The van der Waals surface area contributed by atoms with Crippen molar-refractivity contribution in [3.8, 4) is 0 Å². The number of carbonyl (C=O) groups excluding carboxylic acids is 2. The molecule has 8 heteroatoms. The van der Waals surface area contributed by atoms with Crippen LogP contribution in [-0.4, -0.2) is 26.6 Å². The first-order chi connectivity index (χ1) is 10.9. The molecule has 1 unspecified atom stereocenters. The first-order valence-electron chi connectivity index (χ1n) is 7.27. The third kappa shape index (κ3) is 3.19. The number of anilines is 2. The molecule has 0 saturated carbocycles. The molecule has 1 aliphatic heterocycles. The second-order valence-corrected chi connectivity index (χ2v) is 6.10. The van der Waals surface area contributed by atoms with E-state index < -0.39 is 0 Å². The molecule has 0 fully saturated rings. The third-order valence-electron chi connectivity index (χ3n) is 3.57. The lowest BCUT2D eigenvalue weighted by molar-refractivity contribution is -0.119. The van der Waals surface area contributed by atoms with Crippen LogP contribution in [0.3, 0.4) is 0 Å². The minimum atomic E-state index is -0.284. The van der Waals surface area contributed by atoms with E-state index in [-0.39, 0.29) is 36.1 Å². The number of halogens is 1. The fourth-order valence-corrected chi connectivity index (χ4v) is 2.44. The summed E-state index contributed by atoms with van der Waals surface area (Å²) in [6, 6.07) is 6.95.